The molecule has 0 spiro atoms. The molecule has 0 aliphatic rings. The molecule has 0 unspecified atom stereocenters. The first kappa shape index (κ1) is 23.9. The summed E-state index contributed by atoms with van der Waals surface area (Å²) < 4.78 is 33.3. The van der Waals surface area contributed by atoms with Crippen molar-refractivity contribution in [2.45, 2.75) is 31.8 Å². The van der Waals surface area contributed by atoms with Crippen LogP contribution in [0.3, 0.4) is 0 Å². The fourth-order valence-electron chi connectivity index (χ4n) is 2.96. The predicted octanol–water partition coefficient (Wildman–Crippen LogP) is 5.82. The van der Waals surface area contributed by atoms with Gasteiger partial charge in [0.25, 0.3) is 15.9 Å². The number of benzene rings is 3. The van der Waals surface area contributed by atoms with E-state index in [1.165, 1.54) is 30.3 Å². The van der Waals surface area contributed by atoms with E-state index in [0.29, 0.717) is 27.2 Å². The highest BCUT2D eigenvalue weighted by Crippen LogP contribution is 2.27. The van der Waals surface area contributed by atoms with Gasteiger partial charge in [0.1, 0.15) is 5.75 Å². The topological polar surface area (TPSA) is 84.5 Å². The van der Waals surface area contributed by atoms with Crippen LogP contribution >= 0.6 is 23.2 Å². The third-order valence-electron chi connectivity index (χ3n) is 4.60. The molecule has 3 rings (SSSR count). The number of ether oxygens (including phenoxy) is 1. The van der Waals surface area contributed by atoms with Gasteiger partial charge in [0, 0.05) is 15.7 Å². The van der Waals surface area contributed by atoms with Crippen LogP contribution < -0.4 is 14.8 Å². The van der Waals surface area contributed by atoms with Crippen molar-refractivity contribution in [2.24, 2.45) is 0 Å². The van der Waals surface area contributed by atoms with E-state index < -0.39 is 16.1 Å². The van der Waals surface area contributed by atoms with Crippen LogP contribution in [0, 0.1) is 13.8 Å². The zero-order valence-electron chi connectivity index (χ0n) is 17.6. The second-order valence-electron chi connectivity index (χ2n) is 7.26. The zero-order valence-corrected chi connectivity index (χ0v) is 20.0. The summed E-state index contributed by atoms with van der Waals surface area (Å²) in [5, 5.41) is 3.80. The molecule has 32 heavy (non-hydrogen) atoms. The van der Waals surface area contributed by atoms with Crippen molar-refractivity contribution in [3.8, 4) is 5.75 Å². The van der Waals surface area contributed by atoms with Crippen LogP contribution in [0.4, 0.5) is 11.4 Å². The Morgan fingerprint density at radius 1 is 0.938 bits per heavy atom. The van der Waals surface area contributed by atoms with E-state index in [0.717, 1.165) is 11.1 Å². The summed E-state index contributed by atoms with van der Waals surface area (Å²) in [5.41, 5.74) is 2.51. The molecule has 0 saturated heterocycles. The van der Waals surface area contributed by atoms with Gasteiger partial charge in [-0.25, -0.2) is 8.42 Å². The van der Waals surface area contributed by atoms with Crippen LogP contribution in [0.2, 0.25) is 10.0 Å². The van der Waals surface area contributed by atoms with Gasteiger partial charge in [-0.15, -0.1) is 0 Å². The molecule has 0 heterocycles. The number of carbonyl (C=O) groups excluding carboxylic acids is 1. The van der Waals surface area contributed by atoms with Crippen LogP contribution in [0.5, 0.6) is 5.75 Å². The van der Waals surface area contributed by atoms with Gasteiger partial charge in [-0.3, -0.25) is 9.52 Å². The van der Waals surface area contributed by atoms with E-state index in [1.54, 1.807) is 37.3 Å². The first-order chi connectivity index (χ1) is 15.0. The molecule has 3 aromatic rings. The Morgan fingerprint density at radius 3 is 2.16 bits per heavy atom. The van der Waals surface area contributed by atoms with Crippen LogP contribution in [0.25, 0.3) is 0 Å². The molecule has 0 fully saturated rings. The maximum Gasteiger partial charge on any atom is 0.265 e. The SMILES string of the molecule is Cc1cc(O[C@H](C)C(=O)Nc2ccc(S(=O)(=O)Nc3cccc(Cl)c3)cc2)cc(C)c1Cl. The van der Waals surface area contributed by atoms with Crippen molar-refractivity contribution in [1.82, 2.24) is 0 Å². The molecule has 6 nitrogen and oxygen atoms in total. The average Bonchev–Trinajstić information content (AvgIpc) is 2.72. The molecule has 0 bridgehead atoms. The van der Waals surface area contributed by atoms with Crippen molar-refractivity contribution < 1.29 is 17.9 Å². The number of anilines is 2. The number of amides is 1. The third-order valence-corrected chi connectivity index (χ3v) is 6.83. The highest BCUT2D eigenvalue weighted by molar-refractivity contribution is 7.92. The third kappa shape index (κ3) is 5.94. The fourth-order valence-corrected chi connectivity index (χ4v) is 4.31. The molecule has 3 aromatic carbocycles. The van der Waals surface area contributed by atoms with E-state index >= 15 is 0 Å². The Kier molecular flexibility index (Phi) is 7.33. The van der Waals surface area contributed by atoms with Crippen molar-refractivity contribution >= 4 is 50.5 Å². The standard InChI is InChI=1S/C23H22Cl2N2O4S/c1-14-11-20(12-15(2)22(14)25)31-16(3)23(28)26-18-7-9-21(10-8-18)32(29,30)27-19-6-4-5-17(24)13-19/h4-13,16,27H,1-3H3,(H,26,28)/t16-/m1/s1. The van der Waals surface area contributed by atoms with Crippen molar-refractivity contribution in [3.05, 3.63) is 81.8 Å². The summed E-state index contributed by atoms with van der Waals surface area (Å²) in [4.78, 5) is 12.6. The lowest BCUT2D eigenvalue weighted by molar-refractivity contribution is -0.122. The van der Waals surface area contributed by atoms with Gasteiger partial charge in [-0.2, -0.15) is 0 Å². The molecule has 0 aliphatic heterocycles. The Hall–Kier alpha value is -2.74. The largest absolute Gasteiger partial charge is 0.481 e. The van der Waals surface area contributed by atoms with Gasteiger partial charge in [-0.05, 0) is 86.5 Å². The Morgan fingerprint density at radius 2 is 1.56 bits per heavy atom. The van der Waals surface area contributed by atoms with Crippen molar-refractivity contribution in [1.29, 1.82) is 0 Å². The van der Waals surface area contributed by atoms with Crippen molar-refractivity contribution in [2.75, 3.05) is 10.0 Å². The Bertz CT molecular complexity index is 1220. The number of hydrogen-bond acceptors (Lipinski definition) is 4. The number of nitrogens with one attached hydrogen (secondary N) is 2. The van der Waals surface area contributed by atoms with E-state index in [4.69, 9.17) is 27.9 Å². The molecule has 0 radical (unpaired) electrons. The summed E-state index contributed by atoms with van der Waals surface area (Å²) in [6.07, 6.45) is -0.775. The molecule has 0 aromatic heterocycles. The Balaban J connectivity index is 1.65. The Labute approximate surface area is 197 Å². The smallest absolute Gasteiger partial charge is 0.265 e. The van der Waals surface area contributed by atoms with Gasteiger partial charge < -0.3 is 10.1 Å². The summed E-state index contributed by atoms with van der Waals surface area (Å²) in [5.74, 6) is 0.170. The van der Waals surface area contributed by atoms with Crippen LogP contribution in [0.15, 0.2) is 65.6 Å². The minimum Gasteiger partial charge on any atom is -0.481 e. The molecule has 1 atom stereocenters. The number of rotatable bonds is 7. The van der Waals surface area contributed by atoms with E-state index in [1.807, 2.05) is 13.8 Å². The minimum atomic E-state index is -3.80. The van der Waals surface area contributed by atoms with E-state index in [9.17, 15) is 13.2 Å². The molecule has 2 N–H and O–H groups in total. The van der Waals surface area contributed by atoms with E-state index in [2.05, 4.69) is 10.0 Å². The zero-order chi connectivity index (χ0) is 23.5. The summed E-state index contributed by atoms with van der Waals surface area (Å²) in [6, 6.07) is 15.8. The quantitative estimate of drug-likeness (QED) is 0.435. The normalized spacial score (nSPS) is 12.2. The lowest BCUT2D eigenvalue weighted by Gasteiger charge is -2.16. The minimum absolute atomic E-state index is 0.0480. The predicted molar refractivity (Wildman–Crippen MR) is 128 cm³/mol. The number of aryl methyl sites for hydroxylation is 2. The van der Waals surface area contributed by atoms with Gasteiger partial charge >= 0.3 is 0 Å². The van der Waals surface area contributed by atoms with Gasteiger partial charge in [0.05, 0.1) is 10.6 Å². The summed E-state index contributed by atoms with van der Waals surface area (Å²) in [6.45, 7) is 5.36. The maximum absolute atomic E-state index is 12.6. The first-order valence-corrected chi connectivity index (χ1v) is 11.9. The molecule has 9 heteroatoms. The fraction of sp³-hybridized carbons (Fsp3) is 0.174. The van der Waals surface area contributed by atoms with Crippen LogP contribution in [0.1, 0.15) is 18.1 Å². The monoisotopic (exact) mass is 492 g/mol. The molecule has 1 amide bonds. The van der Waals surface area contributed by atoms with Crippen LogP contribution in [-0.4, -0.2) is 20.4 Å². The average molecular weight is 493 g/mol. The molecule has 168 valence electrons. The summed E-state index contributed by atoms with van der Waals surface area (Å²) >= 11 is 12.1. The number of carbonyl (C=O) groups is 1. The highest BCUT2D eigenvalue weighted by atomic mass is 35.5. The summed E-state index contributed by atoms with van der Waals surface area (Å²) in [7, 11) is -3.80. The van der Waals surface area contributed by atoms with Gasteiger partial charge in [0.15, 0.2) is 6.10 Å². The lowest BCUT2D eigenvalue weighted by atomic mass is 10.1. The van der Waals surface area contributed by atoms with Gasteiger partial charge in [0.2, 0.25) is 0 Å². The van der Waals surface area contributed by atoms with Crippen LogP contribution in [-0.2, 0) is 14.8 Å². The maximum atomic E-state index is 12.6. The first-order valence-electron chi connectivity index (χ1n) is 9.68. The van der Waals surface area contributed by atoms with Gasteiger partial charge in [-0.1, -0.05) is 29.3 Å². The number of halogens is 2. The molecule has 0 saturated carbocycles. The number of sulfonamides is 1. The molecular weight excluding hydrogens is 471 g/mol. The number of hydrogen-bond donors (Lipinski definition) is 2. The van der Waals surface area contributed by atoms with Crippen molar-refractivity contribution in [3.63, 3.8) is 0 Å². The highest BCUT2D eigenvalue weighted by Gasteiger charge is 2.18. The molecular formula is C23H22Cl2N2O4S. The molecule has 0 aliphatic carbocycles. The van der Waals surface area contributed by atoms with E-state index in [-0.39, 0.29) is 10.8 Å². The second-order valence-corrected chi connectivity index (χ2v) is 9.76. The second kappa shape index (κ2) is 9.81. The lowest BCUT2D eigenvalue weighted by Crippen LogP contribution is -2.30.